The van der Waals surface area contributed by atoms with Crippen LogP contribution in [0.1, 0.15) is 16.1 Å². The molecule has 2 aromatic carbocycles. The number of imidazole rings is 1. The maximum Gasteiger partial charge on any atom is 0.270 e. The van der Waals surface area contributed by atoms with Gasteiger partial charge in [-0.15, -0.1) is 0 Å². The zero-order valence-electron chi connectivity index (χ0n) is 14.4. The molecular formula is C19H18FN3O2S. The van der Waals surface area contributed by atoms with Crippen LogP contribution in [0.3, 0.4) is 0 Å². The van der Waals surface area contributed by atoms with Crippen molar-refractivity contribution in [3.63, 3.8) is 0 Å². The first-order chi connectivity index (χ1) is 12.6. The molecule has 26 heavy (non-hydrogen) atoms. The van der Waals surface area contributed by atoms with Crippen molar-refractivity contribution in [1.29, 1.82) is 0 Å². The molecule has 3 aromatic rings. The fourth-order valence-corrected chi connectivity index (χ4v) is 3.14. The molecule has 0 aliphatic rings. The number of para-hydroxylation sites is 1. The molecule has 0 atom stereocenters. The summed E-state index contributed by atoms with van der Waals surface area (Å²) in [7, 11) is 1.59. The normalized spacial score (nSPS) is 10.6. The van der Waals surface area contributed by atoms with Crippen LogP contribution in [0, 0.1) is 5.82 Å². The van der Waals surface area contributed by atoms with Gasteiger partial charge in [-0.05, 0) is 36.6 Å². The molecular weight excluding hydrogens is 353 g/mol. The topological polar surface area (TPSA) is 56.1 Å². The molecule has 0 aliphatic heterocycles. The van der Waals surface area contributed by atoms with Crippen molar-refractivity contribution in [1.82, 2.24) is 14.9 Å². The second-order valence-corrected chi connectivity index (χ2v) is 6.21. The van der Waals surface area contributed by atoms with E-state index in [9.17, 15) is 9.18 Å². The second-order valence-electron chi connectivity index (χ2n) is 5.44. The Labute approximate surface area is 155 Å². The number of benzene rings is 2. The molecule has 0 fully saturated rings. The van der Waals surface area contributed by atoms with Crippen LogP contribution >= 0.6 is 11.8 Å². The van der Waals surface area contributed by atoms with Crippen LogP contribution in [0.4, 0.5) is 4.39 Å². The van der Waals surface area contributed by atoms with E-state index in [1.165, 1.54) is 30.1 Å². The Morgan fingerprint density at radius 2 is 1.96 bits per heavy atom. The Morgan fingerprint density at radius 1 is 1.23 bits per heavy atom. The van der Waals surface area contributed by atoms with Crippen molar-refractivity contribution in [2.45, 2.75) is 11.7 Å². The van der Waals surface area contributed by atoms with E-state index in [0.717, 1.165) is 5.56 Å². The first-order valence-corrected chi connectivity index (χ1v) is 9.14. The minimum atomic E-state index is -0.332. The van der Waals surface area contributed by atoms with E-state index in [4.69, 9.17) is 4.74 Å². The highest BCUT2D eigenvalue weighted by Gasteiger charge is 2.18. The van der Waals surface area contributed by atoms with Crippen molar-refractivity contribution < 1.29 is 13.9 Å². The molecule has 0 spiro atoms. The molecule has 7 heteroatoms. The monoisotopic (exact) mass is 371 g/mol. The summed E-state index contributed by atoms with van der Waals surface area (Å²) in [6.07, 6.45) is 3.39. The van der Waals surface area contributed by atoms with E-state index >= 15 is 0 Å². The number of aromatic nitrogens is 2. The molecule has 1 amide bonds. The number of amides is 1. The van der Waals surface area contributed by atoms with Gasteiger partial charge in [0.25, 0.3) is 5.91 Å². The number of carbonyl (C=O) groups excluding carboxylic acids is 1. The Morgan fingerprint density at radius 3 is 2.65 bits per heavy atom. The SMILES string of the molecule is COc1ccccc1CNC(=O)c1cnc(SC)n1-c1ccc(F)cc1. The predicted molar refractivity (Wildman–Crippen MR) is 99.5 cm³/mol. The van der Waals surface area contributed by atoms with Crippen LogP contribution in [-0.2, 0) is 6.54 Å². The van der Waals surface area contributed by atoms with E-state index in [2.05, 4.69) is 10.3 Å². The van der Waals surface area contributed by atoms with E-state index in [1.54, 1.807) is 23.8 Å². The van der Waals surface area contributed by atoms with Gasteiger partial charge in [0, 0.05) is 17.8 Å². The van der Waals surface area contributed by atoms with E-state index in [0.29, 0.717) is 28.8 Å². The number of hydrogen-bond acceptors (Lipinski definition) is 4. The summed E-state index contributed by atoms with van der Waals surface area (Å²) in [4.78, 5) is 17.0. The summed E-state index contributed by atoms with van der Waals surface area (Å²) in [5.41, 5.74) is 1.94. The van der Waals surface area contributed by atoms with Gasteiger partial charge in [-0.3, -0.25) is 9.36 Å². The van der Waals surface area contributed by atoms with Crippen LogP contribution in [0.5, 0.6) is 5.75 Å². The van der Waals surface area contributed by atoms with E-state index < -0.39 is 0 Å². The third-order valence-corrected chi connectivity index (χ3v) is 4.51. The maximum atomic E-state index is 13.2. The van der Waals surface area contributed by atoms with Gasteiger partial charge in [0.2, 0.25) is 0 Å². The summed E-state index contributed by atoms with van der Waals surface area (Å²) in [5, 5.41) is 3.54. The standard InChI is InChI=1S/C19H18FN3O2S/c1-25-17-6-4-3-5-13(17)11-21-18(24)16-12-22-19(26-2)23(16)15-9-7-14(20)8-10-15/h3-10,12H,11H2,1-2H3,(H,21,24). The van der Waals surface area contributed by atoms with Gasteiger partial charge in [0.1, 0.15) is 17.3 Å². The first-order valence-electron chi connectivity index (χ1n) is 7.91. The molecule has 3 rings (SSSR count). The van der Waals surface area contributed by atoms with Crippen LogP contribution in [0.2, 0.25) is 0 Å². The molecule has 1 aromatic heterocycles. The van der Waals surface area contributed by atoms with Crippen LogP contribution in [0.15, 0.2) is 59.9 Å². The number of thioether (sulfide) groups is 1. The molecule has 0 unspecified atom stereocenters. The lowest BCUT2D eigenvalue weighted by molar-refractivity contribution is 0.0943. The van der Waals surface area contributed by atoms with Gasteiger partial charge in [-0.2, -0.15) is 0 Å². The lowest BCUT2D eigenvalue weighted by atomic mass is 10.2. The summed E-state index contributed by atoms with van der Waals surface area (Å²) in [6, 6.07) is 13.4. The average molecular weight is 371 g/mol. The maximum absolute atomic E-state index is 13.2. The minimum absolute atomic E-state index is 0.270. The molecule has 5 nitrogen and oxygen atoms in total. The van der Waals surface area contributed by atoms with Crippen molar-refractivity contribution in [3.8, 4) is 11.4 Å². The Bertz CT molecular complexity index is 909. The molecule has 134 valence electrons. The highest BCUT2D eigenvalue weighted by Crippen LogP contribution is 2.22. The Hall–Kier alpha value is -2.80. The lowest BCUT2D eigenvalue weighted by Crippen LogP contribution is -2.25. The highest BCUT2D eigenvalue weighted by molar-refractivity contribution is 7.98. The minimum Gasteiger partial charge on any atom is -0.496 e. The quantitative estimate of drug-likeness (QED) is 0.672. The molecule has 0 radical (unpaired) electrons. The van der Waals surface area contributed by atoms with Crippen molar-refractivity contribution in [3.05, 3.63) is 71.8 Å². The number of methoxy groups -OCH3 is 1. The fraction of sp³-hybridized carbons (Fsp3) is 0.158. The Balaban J connectivity index is 1.86. The number of nitrogens with one attached hydrogen (secondary N) is 1. The first kappa shape index (κ1) is 18.0. The van der Waals surface area contributed by atoms with E-state index in [1.807, 2.05) is 30.5 Å². The molecule has 0 aliphatic carbocycles. The van der Waals surface area contributed by atoms with Crippen LogP contribution in [-0.4, -0.2) is 28.8 Å². The summed E-state index contributed by atoms with van der Waals surface area (Å²) < 4.78 is 20.2. The molecule has 0 saturated carbocycles. The molecule has 0 saturated heterocycles. The van der Waals surface area contributed by atoms with Crippen molar-refractivity contribution >= 4 is 17.7 Å². The number of carbonyl (C=O) groups is 1. The summed E-state index contributed by atoms with van der Waals surface area (Å²) in [5.74, 6) is 0.111. The van der Waals surface area contributed by atoms with Crippen LogP contribution in [0.25, 0.3) is 5.69 Å². The molecule has 1 N–H and O–H groups in total. The Kier molecular flexibility index (Phi) is 5.58. The van der Waals surface area contributed by atoms with Gasteiger partial charge in [-0.25, -0.2) is 9.37 Å². The molecule has 0 bridgehead atoms. The second kappa shape index (κ2) is 8.05. The fourth-order valence-electron chi connectivity index (χ4n) is 2.59. The van der Waals surface area contributed by atoms with Gasteiger partial charge in [-0.1, -0.05) is 30.0 Å². The van der Waals surface area contributed by atoms with E-state index in [-0.39, 0.29) is 11.7 Å². The van der Waals surface area contributed by atoms with Gasteiger partial charge < -0.3 is 10.1 Å². The highest BCUT2D eigenvalue weighted by atomic mass is 32.2. The number of rotatable bonds is 6. The molecule has 1 heterocycles. The summed E-state index contributed by atoms with van der Waals surface area (Å²) in [6.45, 7) is 0.325. The predicted octanol–water partition coefficient (Wildman–Crippen LogP) is 3.67. The smallest absolute Gasteiger partial charge is 0.270 e. The van der Waals surface area contributed by atoms with Crippen LogP contribution < -0.4 is 10.1 Å². The number of ether oxygens (including phenoxy) is 1. The van der Waals surface area contributed by atoms with Gasteiger partial charge in [0.05, 0.1) is 13.3 Å². The zero-order valence-corrected chi connectivity index (χ0v) is 15.2. The summed E-state index contributed by atoms with van der Waals surface area (Å²) >= 11 is 1.41. The van der Waals surface area contributed by atoms with Gasteiger partial charge in [0.15, 0.2) is 5.16 Å². The third kappa shape index (κ3) is 3.72. The number of hydrogen-bond donors (Lipinski definition) is 1. The number of halogens is 1. The number of nitrogens with zero attached hydrogens (tertiary/aromatic N) is 2. The third-order valence-electron chi connectivity index (χ3n) is 3.86. The van der Waals surface area contributed by atoms with Crippen molar-refractivity contribution in [2.75, 3.05) is 13.4 Å². The zero-order chi connectivity index (χ0) is 18.5. The lowest BCUT2D eigenvalue weighted by Gasteiger charge is -2.12. The largest absolute Gasteiger partial charge is 0.496 e. The van der Waals surface area contributed by atoms with Gasteiger partial charge >= 0.3 is 0 Å². The average Bonchev–Trinajstić information content (AvgIpc) is 3.11. The van der Waals surface area contributed by atoms with Crippen molar-refractivity contribution in [2.24, 2.45) is 0 Å².